The first-order valence-electron chi connectivity index (χ1n) is 4.59. The van der Waals surface area contributed by atoms with E-state index in [9.17, 15) is 4.79 Å². The van der Waals surface area contributed by atoms with Crippen molar-refractivity contribution in [3.05, 3.63) is 41.5 Å². The second-order valence-corrected chi connectivity index (χ2v) is 3.06. The molecular weight excluding hydrogens is 208 g/mol. The highest BCUT2D eigenvalue weighted by Crippen LogP contribution is 2.05. The van der Waals surface area contributed by atoms with E-state index in [0.29, 0.717) is 5.57 Å². The van der Waals surface area contributed by atoms with Gasteiger partial charge in [0.25, 0.3) is 5.97 Å². The Morgan fingerprint density at radius 3 is 1.88 bits per heavy atom. The molecule has 1 rings (SSSR count). The van der Waals surface area contributed by atoms with Crippen molar-refractivity contribution in [2.45, 2.75) is 13.8 Å². The molecular formula is C12H14O4. The average molecular weight is 222 g/mol. The molecule has 16 heavy (non-hydrogen) atoms. The summed E-state index contributed by atoms with van der Waals surface area (Å²) in [7, 11) is 0. The predicted molar refractivity (Wildman–Crippen MR) is 61.0 cm³/mol. The summed E-state index contributed by atoms with van der Waals surface area (Å²) in [6.07, 6.45) is 1.64. The molecule has 0 aliphatic carbocycles. The van der Waals surface area contributed by atoms with Gasteiger partial charge in [-0.05, 0) is 18.6 Å². The third-order valence-corrected chi connectivity index (χ3v) is 1.52. The normalized spacial score (nSPS) is 10.0. The van der Waals surface area contributed by atoms with Crippen molar-refractivity contribution in [3.8, 4) is 0 Å². The standard InChI is InChI=1S/C10H10O2.C2H4O2/c1-8(10(11)12)7-9-5-3-2-4-6-9;1-2(3)4/h2-7H,1H3,(H,11,12);1H3,(H,3,4). The molecule has 2 N–H and O–H groups in total. The van der Waals surface area contributed by atoms with Gasteiger partial charge in [-0.25, -0.2) is 4.79 Å². The molecule has 0 spiro atoms. The van der Waals surface area contributed by atoms with Gasteiger partial charge in [0.1, 0.15) is 0 Å². The molecule has 0 amide bonds. The van der Waals surface area contributed by atoms with E-state index in [1.807, 2.05) is 30.3 Å². The minimum absolute atomic E-state index is 0.348. The van der Waals surface area contributed by atoms with Gasteiger partial charge in [-0.3, -0.25) is 4.79 Å². The Kier molecular flexibility index (Phi) is 6.28. The lowest BCUT2D eigenvalue weighted by atomic mass is 10.1. The molecule has 0 saturated heterocycles. The van der Waals surface area contributed by atoms with E-state index in [1.165, 1.54) is 0 Å². The fraction of sp³-hybridized carbons (Fsp3) is 0.167. The predicted octanol–water partition coefficient (Wildman–Crippen LogP) is 2.27. The van der Waals surface area contributed by atoms with Crippen LogP contribution in [0.3, 0.4) is 0 Å². The lowest BCUT2D eigenvalue weighted by Gasteiger charge is -1.93. The second kappa shape index (κ2) is 7.23. The summed E-state index contributed by atoms with van der Waals surface area (Å²) < 4.78 is 0. The van der Waals surface area contributed by atoms with Crippen LogP contribution in [-0.2, 0) is 9.59 Å². The summed E-state index contributed by atoms with van der Waals surface area (Å²) in [4.78, 5) is 19.4. The number of hydrogen-bond donors (Lipinski definition) is 2. The smallest absolute Gasteiger partial charge is 0.331 e. The average Bonchev–Trinajstić information content (AvgIpc) is 2.18. The van der Waals surface area contributed by atoms with Crippen molar-refractivity contribution < 1.29 is 19.8 Å². The maximum Gasteiger partial charge on any atom is 0.331 e. The molecule has 0 saturated carbocycles. The molecule has 0 radical (unpaired) electrons. The van der Waals surface area contributed by atoms with Gasteiger partial charge < -0.3 is 10.2 Å². The molecule has 4 heteroatoms. The molecule has 0 bridgehead atoms. The number of rotatable bonds is 2. The van der Waals surface area contributed by atoms with Gasteiger partial charge in [0.05, 0.1) is 0 Å². The van der Waals surface area contributed by atoms with Crippen LogP contribution in [0.25, 0.3) is 6.08 Å². The van der Waals surface area contributed by atoms with Gasteiger partial charge in [0, 0.05) is 12.5 Å². The molecule has 0 aliphatic rings. The zero-order valence-corrected chi connectivity index (χ0v) is 9.18. The topological polar surface area (TPSA) is 74.6 Å². The van der Waals surface area contributed by atoms with Crippen molar-refractivity contribution in [1.29, 1.82) is 0 Å². The first-order valence-corrected chi connectivity index (χ1v) is 4.59. The first-order chi connectivity index (χ1) is 7.43. The molecule has 86 valence electrons. The van der Waals surface area contributed by atoms with Gasteiger partial charge in [-0.1, -0.05) is 30.3 Å². The van der Waals surface area contributed by atoms with Gasteiger partial charge in [0.15, 0.2) is 0 Å². The molecule has 1 aromatic rings. The fourth-order valence-electron chi connectivity index (χ4n) is 0.861. The highest BCUT2D eigenvalue weighted by atomic mass is 16.4. The molecule has 0 aliphatic heterocycles. The Labute approximate surface area is 93.8 Å². The Balaban J connectivity index is 0.000000487. The van der Waals surface area contributed by atoms with Crippen molar-refractivity contribution in [2.75, 3.05) is 0 Å². The van der Waals surface area contributed by atoms with Crippen LogP contribution in [0, 0.1) is 0 Å². The minimum atomic E-state index is -0.876. The Morgan fingerprint density at radius 2 is 1.50 bits per heavy atom. The van der Waals surface area contributed by atoms with Gasteiger partial charge >= 0.3 is 5.97 Å². The zero-order chi connectivity index (χ0) is 12.6. The quantitative estimate of drug-likeness (QED) is 0.752. The lowest BCUT2D eigenvalue weighted by molar-refractivity contribution is -0.134. The summed E-state index contributed by atoms with van der Waals surface area (Å²) in [6.45, 7) is 2.66. The number of hydrogen-bond acceptors (Lipinski definition) is 2. The highest BCUT2D eigenvalue weighted by Gasteiger charge is 1.98. The Bertz CT molecular complexity index is 375. The molecule has 0 aromatic heterocycles. The van der Waals surface area contributed by atoms with Crippen LogP contribution < -0.4 is 0 Å². The van der Waals surface area contributed by atoms with E-state index < -0.39 is 11.9 Å². The van der Waals surface area contributed by atoms with Crippen LogP contribution in [0.2, 0.25) is 0 Å². The van der Waals surface area contributed by atoms with Gasteiger partial charge in [-0.2, -0.15) is 0 Å². The summed E-state index contributed by atoms with van der Waals surface area (Å²) in [5.41, 5.74) is 1.26. The van der Waals surface area contributed by atoms with Crippen LogP contribution in [-0.4, -0.2) is 22.2 Å². The maximum absolute atomic E-state index is 10.4. The van der Waals surface area contributed by atoms with E-state index in [2.05, 4.69) is 0 Å². The van der Waals surface area contributed by atoms with E-state index in [4.69, 9.17) is 15.0 Å². The number of carboxylic acids is 2. The van der Waals surface area contributed by atoms with E-state index in [0.717, 1.165) is 12.5 Å². The van der Waals surface area contributed by atoms with Crippen LogP contribution in [0.15, 0.2) is 35.9 Å². The van der Waals surface area contributed by atoms with Gasteiger partial charge in [-0.15, -0.1) is 0 Å². The lowest BCUT2D eigenvalue weighted by Crippen LogP contribution is -1.95. The number of aliphatic carboxylic acids is 2. The molecule has 1 aromatic carbocycles. The van der Waals surface area contributed by atoms with E-state index >= 15 is 0 Å². The first kappa shape index (κ1) is 13.9. The monoisotopic (exact) mass is 222 g/mol. The van der Waals surface area contributed by atoms with E-state index in [-0.39, 0.29) is 0 Å². The van der Waals surface area contributed by atoms with Gasteiger partial charge in [0.2, 0.25) is 0 Å². The Morgan fingerprint density at radius 1 is 1.06 bits per heavy atom. The number of carboxylic acid groups (broad SMARTS) is 2. The fourth-order valence-corrected chi connectivity index (χ4v) is 0.861. The molecule has 0 unspecified atom stereocenters. The van der Waals surface area contributed by atoms with Crippen molar-refractivity contribution in [1.82, 2.24) is 0 Å². The van der Waals surface area contributed by atoms with Crippen molar-refractivity contribution >= 4 is 18.0 Å². The largest absolute Gasteiger partial charge is 0.481 e. The third kappa shape index (κ3) is 7.32. The van der Waals surface area contributed by atoms with Crippen molar-refractivity contribution in [3.63, 3.8) is 0 Å². The van der Waals surface area contributed by atoms with Crippen LogP contribution >= 0.6 is 0 Å². The number of benzene rings is 1. The van der Waals surface area contributed by atoms with Crippen LogP contribution in [0.1, 0.15) is 19.4 Å². The molecule has 0 atom stereocenters. The highest BCUT2D eigenvalue weighted by molar-refractivity contribution is 5.91. The van der Waals surface area contributed by atoms with Crippen LogP contribution in [0.5, 0.6) is 0 Å². The summed E-state index contributed by atoms with van der Waals surface area (Å²) >= 11 is 0. The zero-order valence-electron chi connectivity index (χ0n) is 9.18. The minimum Gasteiger partial charge on any atom is -0.481 e. The summed E-state index contributed by atoms with van der Waals surface area (Å²) in [5.74, 6) is -1.71. The third-order valence-electron chi connectivity index (χ3n) is 1.52. The molecule has 0 fully saturated rings. The van der Waals surface area contributed by atoms with Crippen LogP contribution in [0.4, 0.5) is 0 Å². The molecule has 0 heterocycles. The van der Waals surface area contributed by atoms with E-state index in [1.54, 1.807) is 13.0 Å². The summed E-state index contributed by atoms with van der Waals surface area (Å²) in [6, 6.07) is 9.38. The Hall–Kier alpha value is -2.10. The second-order valence-electron chi connectivity index (χ2n) is 3.06. The van der Waals surface area contributed by atoms with Crippen molar-refractivity contribution in [2.24, 2.45) is 0 Å². The SMILES string of the molecule is CC(=Cc1ccccc1)C(=O)O.CC(=O)O. The summed E-state index contributed by atoms with van der Waals surface area (Å²) in [5, 5.41) is 16.0. The maximum atomic E-state index is 10.4. The number of carbonyl (C=O) groups is 2. The molecule has 4 nitrogen and oxygen atoms in total.